The lowest BCUT2D eigenvalue weighted by molar-refractivity contribution is -0.143. The maximum atomic E-state index is 11.2. The van der Waals surface area contributed by atoms with Gasteiger partial charge in [-0.3, -0.25) is 9.59 Å². The van der Waals surface area contributed by atoms with Gasteiger partial charge < -0.3 is 20.1 Å². The maximum absolute atomic E-state index is 11.2. The van der Waals surface area contributed by atoms with E-state index in [2.05, 4.69) is 20.8 Å². The predicted octanol–water partition coefficient (Wildman–Crippen LogP) is 10.8. The van der Waals surface area contributed by atoms with Gasteiger partial charge in [0.25, 0.3) is 0 Å². The summed E-state index contributed by atoms with van der Waals surface area (Å²) in [5.41, 5.74) is 0. The molecule has 6 nitrogen and oxygen atoms in total. The minimum Gasteiger partial charge on any atom is -0.481 e. The van der Waals surface area contributed by atoms with E-state index < -0.39 is 5.97 Å². The van der Waals surface area contributed by atoms with Crippen LogP contribution in [-0.4, -0.2) is 46.1 Å². The highest BCUT2D eigenvalue weighted by Crippen LogP contribution is 2.18. The number of carbonyl (C=O) groups excluding carboxylic acids is 1. The van der Waals surface area contributed by atoms with E-state index in [4.69, 9.17) is 9.84 Å². The lowest BCUT2D eigenvalue weighted by atomic mass is 9.95. The first-order valence-corrected chi connectivity index (χ1v) is 18.9. The number of aliphatic carboxylic acids is 1. The van der Waals surface area contributed by atoms with Crippen molar-refractivity contribution in [2.45, 2.75) is 214 Å². The number of rotatable bonds is 31. The number of carbonyl (C=O) groups is 2. The van der Waals surface area contributed by atoms with Crippen molar-refractivity contribution in [1.82, 2.24) is 0 Å². The molecule has 0 radical (unpaired) electrons. The topological polar surface area (TPSA) is 104 Å². The van der Waals surface area contributed by atoms with Crippen LogP contribution in [0.2, 0.25) is 0 Å². The molecule has 0 aliphatic heterocycles. The molecule has 0 fully saturated rings. The minimum absolute atomic E-state index is 0.0479. The second-order valence-corrected chi connectivity index (χ2v) is 13.3. The smallest absolute Gasteiger partial charge is 0.305 e. The zero-order valence-corrected chi connectivity index (χ0v) is 30.0. The second kappa shape index (κ2) is 34.7. The van der Waals surface area contributed by atoms with Gasteiger partial charge >= 0.3 is 11.9 Å². The lowest BCUT2D eigenvalue weighted by Crippen LogP contribution is -2.15. The molecule has 4 atom stereocenters. The summed E-state index contributed by atoms with van der Waals surface area (Å²) in [5, 5.41) is 27.9. The summed E-state index contributed by atoms with van der Waals surface area (Å²) in [5.74, 6) is 0.180. The quantitative estimate of drug-likeness (QED) is 0.0521. The molecule has 6 heteroatoms. The molecule has 0 aliphatic carbocycles. The number of aliphatic hydroxyl groups is 2. The Morgan fingerprint density at radius 1 is 0.500 bits per heavy atom. The van der Waals surface area contributed by atoms with Gasteiger partial charge in [-0.05, 0) is 57.3 Å². The van der Waals surface area contributed by atoms with Gasteiger partial charge in [0.2, 0.25) is 0 Å². The van der Waals surface area contributed by atoms with Gasteiger partial charge in [-0.15, -0.1) is 0 Å². The van der Waals surface area contributed by atoms with Crippen molar-refractivity contribution in [2.75, 3.05) is 6.61 Å². The Morgan fingerprint density at radius 3 is 1.09 bits per heavy atom. The fourth-order valence-corrected chi connectivity index (χ4v) is 5.73. The van der Waals surface area contributed by atoms with Crippen molar-refractivity contribution in [3.8, 4) is 0 Å². The summed E-state index contributed by atoms with van der Waals surface area (Å²) < 4.78 is 4.91. The number of hydrogen-bond acceptors (Lipinski definition) is 5. The number of aliphatic hydroxyl groups excluding tert-OH is 2. The molecule has 44 heavy (non-hydrogen) atoms. The Bertz CT molecular complexity index is 610. The molecule has 0 saturated heterocycles. The first-order chi connectivity index (χ1) is 21.2. The largest absolute Gasteiger partial charge is 0.481 e. The van der Waals surface area contributed by atoms with E-state index in [1.54, 1.807) is 0 Å². The van der Waals surface area contributed by atoms with Crippen molar-refractivity contribution in [3.05, 3.63) is 0 Å². The van der Waals surface area contributed by atoms with Crippen LogP contribution < -0.4 is 0 Å². The summed E-state index contributed by atoms with van der Waals surface area (Å²) in [4.78, 5) is 21.5. The molecular weight excluding hydrogens is 552 g/mol. The van der Waals surface area contributed by atoms with Crippen molar-refractivity contribution >= 4 is 11.9 Å². The van der Waals surface area contributed by atoms with Crippen LogP contribution in [0.4, 0.5) is 0 Å². The number of carboxylic acid groups (broad SMARTS) is 1. The average Bonchev–Trinajstić information content (AvgIpc) is 3.01. The van der Waals surface area contributed by atoms with Gasteiger partial charge in [0.15, 0.2) is 0 Å². The zero-order chi connectivity index (χ0) is 33.3. The highest BCUT2D eigenvalue weighted by molar-refractivity contribution is 5.69. The van der Waals surface area contributed by atoms with E-state index in [1.807, 2.05) is 13.8 Å². The van der Waals surface area contributed by atoms with E-state index in [1.165, 1.54) is 103 Å². The molecule has 0 bridgehead atoms. The normalized spacial score (nSPS) is 13.9. The van der Waals surface area contributed by atoms with E-state index in [0.29, 0.717) is 31.3 Å². The molecule has 3 N–H and O–H groups in total. The highest BCUT2D eigenvalue weighted by atomic mass is 16.5. The fourth-order valence-electron chi connectivity index (χ4n) is 5.73. The molecule has 0 aromatic carbocycles. The monoisotopic (exact) mass is 629 g/mol. The Morgan fingerprint density at radius 2 is 0.795 bits per heavy atom. The van der Waals surface area contributed by atoms with Crippen molar-refractivity contribution < 1.29 is 29.6 Å². The summed E-state index contributed by atoms with van der Waals surface area (Å²) in [6, 6.07) is 0. The number of carboxylic acids is 1. The summed E-state index contributed by atoms with van der Waals surface area (Å²) >= 11 is 0. The van der Waals surface area contributed by atoms with Crippen LogP contribution in [0.15, 0.2) is 0 Å². The van der Waals surface area contributed by atoms with Crippen LogP contribution in [0.3, 0.4) is 0 Å². The Labute approximate surface area is 273 Å². The molecule has 0 rings (SSSR count). The summed E-state index contributed by atoms with van der Waals surface area (Å²) in [7, 11) is 0. The van der Waals surface area contributed by atoms with Crippen molar-refractivity contribution in [2.24, 2.45) is 11.8 Å². The molecule has 0 amide bonds. The van der Waals surface area contributed by atoms with E-state index in [0.717, 1.165) is 51.4 Å². The molecule has 264 valence electrons. The number of esters is 1. The van der Waals surface area contributed by atoms with Gasteiger partial charge in [0.05, 0.1) is 18.8 Å². The molecule has 0 aromatic rings. The van der Waals surface area contributed by atoms with Crippen LogP contribution in [0.1, 0.15) is 202 Å². The van der Waals surface area contributed by atoms with Crippen molar-refractivity contribution in [1.29, 1.82) is 0 Å². The van der Waals surface area contributed by atoms with E-state index >= 15 is 0 Å². The van der Waals surface area contributed by atoms with Crippen LogP contribution >= 0.6 is 0 Å². The SMILES string of the molecule is CCOC(=O)CCCCCCCCCCCC[C@@H](C)[C@@H](O)CC.CC[C@H](O)[C@H](C)CCCCCCCCCCCCC(=O)O. The van der Waals surface area contributed by atoms with Crippen molar-refractivity contribution in [3.63, 3.8) is 0 Å². The maximum Gasteiger partial charge on any atom is 0.305 e. The third-order valence-electron chi connectivity index (χ3n) is 9.05. The Hall–Kier alpha value is -1.14. The Kier molecular flexibility index (Phi) is 35.5. The number of unbranched alkanes of at least 4 members (excludes halogenated alkanes) is 18. The van der Waals surface area contributed by atoms with Gasteiger partial charge in [0, 0.05) is 12.8 Å². The fraction of sp³-hybridized carbons (Fsp3) is 0.947. The van der Waals surface area contributed by atoms with E-state index in [9.17, 15) is 19.8 Å². The average molecular weight is 629 g/mol. The van der Waals surface area contributed by atoms with Crippen LogP contribution in [0, 0.1) is 11.8 Å². The molecule has 0 heterocycles. The van der Waals surface area contributed by atoms with Gasteiger partial charge in [-0.2, -0.15) is 0 Å². The molecule has 0 spiro atoms. The number of ether oxygens (including phenoxy) is 1. The molecular formula is C38H76O6. The molecule has 0 unspecified atom stereocenters. The molecule has 0 saturated carbocycles. The first-order valence-electron chi connectivity index (χ1n) is 18.9. The second-order valence-electron chi connectivity index (χ2n) is 13.3. The van der Waals surface area contributed by atoms with Crippen LogP contribution in [-0.2, 0) is 14.3 Å². The third-order valence-corrected chi connectivity index (χ3v) is 9.05. The minimum atomic E-state index is -0.671. The third kappa shape index (κ3) is 33.7. The van der Waals surface area contributed by atoms with Crippen LogP contribution in [0.25, 0.3) is 0 Å². The first kappa shape index (κ1) is 45.0. The summed E-state index contributed by atoms with van der Waals surface area (Å²) in [6.45, 7) is 10.8. The lowest BCUT2D eigenvalue weighted by Gasteiger charge is -2.16. The zero-order valence-electron chi connectivity index (χ0n) is 30.0. The highest BCUT2D eigenvalue weighted by Gasteiger charge is 2.11. The van der Waals surface area contributed by atoms with E-state index in [-0.39, 0.29) is 18.2 Å². The van der Waals surface area contributed by atoms with Gasteiger partial charge in [-0.1, -0.05) is 143 Å². The Balaban J connectivity index is 0. The predicted molar refractivity (Wildman–Crippen MR) is 186 cm³/mol. The molecule has 0 aliphatic rings. The van der Waals surface area contributed by atoms with Gasteiger partial charge in [0.1, 0.15) is 0 Å². The van der Waals surface area contributed by atoms with Crippen LogP contribution in [0.5, 0.6) is 0 Å². The standard InChI is InChI=1S/C20H40O3.C18H36O3/c1-4-19(21)18(3)16-14-12-10-8-6-7-9-11-13-15-17-20(22)23-5-2;1-3-17(19)16(2)14-12-10-8-6-4-5-7-9-11-13-15-18(20)21/h18-19,21H,4-17H2,1-3H3;16-17,19H,3-15H2,1-2H3,(H,20,21)/t18-,19+;16-,17+/m11/s1. The molecule has 0 aromatic heterocycles. The number of hydrogen-bond donors (Lipinski definition) is 3. The summed E-state index contributed by atoms with van der Waals surface area (Å²) in [6.07, 6.45) is 29.4. The van der Waals surface area contributed by atoms with Gasteiger partial charge in [-0.25, -0.2) is 0 Å².